The van der Waals surface area contributed by atoms with E-state index < -0.39 is 0 Å². The van der Waals surface area contributed by atoms with E-state index in [2.05, 4.69) is 25.7 Å². The van der Waals surface area contributed by atoms with Crippen LogP contribution >= 0.6 is 23.1 Å². The number of hydrogen-bond donors (Lipinski definition) is 1. The van der Waals surface area contributed by atoms with Crippen LogP contribution in [0.15, 0.2) is 11.5 Å². The number of thioether (sulfide) groups is 1. The molecule has 7 nitrogen and oxygen atoms in total. The Bertz CT molecular complexity index is 566. The van der Waals surface area contributed by atoms with E-state index in [4.69, 9.17) is 0 Å². The zero-order valence-corrected chi connectivity index (χ0v) is 12.5. The van der Waals surface area contributed by atoms with Gasteiger partial charge in [0.2, 0.25) is 11.0 Å². The molecule has 1 atom stereocenters. The van der Waals surface area contributed by atoms with Crippen LogP contribution in [0, 0.1) is 0 Å². The predicted octanol–water partition coefficient (Wildman–Crippen LogP) is 1.35. The lowest BCUT2D eigenvalue weighted by molar-refractivity contribution is -0.115. The van der Waals surface area contributed by atoms with E-state index in [1.165, 1.54) is 23.1 Å². The molecule has 0 spiro atoms. The van der Waals surface area contributed by atoms with Crippen LogP contribution in [0.25, 0.3) is 0 Å². The van der Waals surface area contributed by atoms with Crippen LogP contribution in [-0.4, -0.2) is 36.1 Å². The van der Waals surface area contributed by atoms with Crippen molar-refractivity contribution >= 4 is 34.1 Å². The fourth-order valence-corrected chi connectivity index (χ4v) is 2.72. The fraction of sp³-hybridized carbons (Fsp3) is 0.500. The van der Waals surface area contributed by atoms with E-state index >= 15 is 0 Å². The molecule has 0 saturated heterocycles. The summed E-state index contributed by atoms with van der Waals surface area (Å²) in [4.78, 5) is 12.0. The van der Waals surface area contributed by atoms with Gasteiger partial charge in [-0.05, 0) is 13.3 Å². The lowest BCUT2D eigenvalue weighted by Gasteiger charge is -2.08. The van der Waals surface area contributed by atoms with Gasteiger partial charge in [0.25, 0.3) is 0 Å². The monoisotopic (exact) mass is 298 g/mol. The Morgan fingerprint density at radius 2 is 2.32 bits per heavy atom. The molecule has 2 aromatic heterocycles. The average molecular weight is 298 g/mol. The first-order valence-electron chi connectivity index (χ1n) is 5.74. The van der Waals surface area contributed by atoms with Crippen LogP contribution in [0.5, 0.6) is 0 Å². The molecule has 0 saturated carbocycles. The molecule has 0 aliphatic carbocycles. The molecule has 0 bridgehead atoms. The highest BCUT2D eigenvalue weighted by atomic mass is 32.2. The number of anilines is 1. The fourth-order valence-electron chi connectivity index (χ4n) is 1.24. The smallest absolute Gasteiger partial charge is 0.239 e. The third-order valence-electron chi connectivity index (χ3n) is 2.32. The molecule has 0 unspecified atom stereocenters. The third-order valence-corrected chi connectivity index (χ3v) is 4.45. The average Bonchev–Trinajstić information content (AvgIpc) is 2.99. The van der Waals surface area contributed by atoms with Crippen LogP contribution in [0.1, 0.15) is 18.9 Å². The molecule has 0 fully saturated rings. The Labute approximate surface area is 118 Å². The van der Waals surface area contributed by atoms with E-state index in [0.29, 0.717) is 10.3 Å². The van der Waals surface area contributed by atoms with Gasteiger partial charge in [0.1, 0.15) is 11.3 Å². The largest absolute Gasteiger partial charge is 0.312 e. The van der Waals surface area contributed by atoms with Gasteiger partial charge in [-0.1, -0.05) is 30.0 Å². The van der Waals surface area contributed by atoms with Gasteiger partial charge in [0.15, 0.2) is 5.16 Å². The second-order valence-electron chi connectivity index (χ2n) is 3.83. The normalized spacial score (nSPS) is 12.4. The molecule has 2 aromatic rings. The first-order chi connectivity index (χ1) is 9.10. The highest BCUT2D eigenvalue weighted by Crippen LogP contribution is 2.22. The lowest BCUT2D eigenvalue weighted by Crippen LogP contribution is -2.22. The van der Waals surface area contributed by atoms with E-state index in [0.717, 1.165) is 11.4 Å². The van der Waals surface area contributed by atoms with Gasteiger partial charge in [0, 0.05) is 7.05 Å². The minimum Gasteiger partial charge on any atom is -0.312 e. The molecule has 0 aliphatic rings. The van der Waals surface area contributed by atoms with Gasteiger partial charge in [-0.2, -0.15) is 0 Å². The van der Waals surface area contributed by atoms with Gasteiger partial charge in [-0.15, -0.1) is 20.4 Å². The Morgan fingerprint density at radius 3 is 2.89 bits per heavy atom. The van der Waals surface area contributed by atoms with Crippen molar-refractivity contribution in [3.8, 4) is 0 Å². The van der Waals surface area contributed by atoms with Gasteiger partial charge in [-0.3, -0.25) is 10.1 Å². The van der Waals surface area contributed by atoms with Crippen molar-refractivity contribution in [2.75, 3.05) is 5.32 Å². The molecule has 102 valence electrons. The summed E-state index contributed by atoms with van der Waals surface area (Å²) in [6, 6.07) is 0. The number of hydrogen-bond acceptors (Lipinski definition) is 7. The summed E-state index contributed by atoms with van der Waals surface area (Å²) < 4.78 is 1.77. The molecule has 0 aromatic carbocycles. The molecular formula is C10H14N6OS2. The molecular weight excluding hydrogens is 284 g/mol. The molecule has 0 aliphatic heterocycles. The third kappa shape index (κ3) is 3.51. The van der Waals surface area contributed by atoms with E-state index in [9.17, 15) is 4.79 Å². The van der Waals surface area contributed by atoms with Crippen molar-refractivity contribution in [1.29, 1.82) is 0 Å². The summed E-state index contributed by atoms with van der Waals surface area (Å²) >= 11 is 2.74. The molecule has 0 radical (unpaired) electrons. The second kappa shape index (κ2) is 6.11. The highest BCUT2D eigenvalue weighted by Gasteiger charge is 2.18. The number of amides is 1. The first-order valence-corrected chi connectivity index (χ1v) is 7.43. The molecule has 9 heteroatoms. The van der Waals surface area contributed by atoms with E-state index in [1.807, 2.05) is 20.9 Å². The van der Waals surface area contributed by atoms with Crippen molar-refractivity contribution in [2.45, 2.75) is 30.7 Å². The SMILES string of the molecule is CCc1nnc(NC(=O)[C@H](C)Sc2nncn2C)s1. The summed E-state index contributed by atoms with van der Waals surface area (Å²) in [7, 11) is 1.84. The van der Waals surface area contributed by atoms with Crippen LogP contribution in [-0.2, 0) is 18.3 Å². The van der Waals surface area contributed by atoms with Crippen molar-refractivity contribution in [2.24, 2.45) is 7.05 Å². The predicted molar refractivity (Wildman–Crippen MR) is 74.2 cm³/mol. The Balaban J connectivity index is 1.94. The summed E-state index contributed by atoms with van der Waals surface area (Å²) in [5.41, 5.74) is 0. The Hall–Kier alpha value is -1.48. The summed E-state index contributed by atoms with van der Waals surface area (Å²) in [6.07, 6.45) is 2.42. The molecule has 1 N–H and O–H groups in total. The quantitative estimate of drug-likeness (QED) is 0.839. The topological polar surface area (TPSA) is 85.6 Å². The molecule has 2 rings (SSSR count). The number of carbonyl (C=O) groups is 1. The van der Waals surface area contributed by atoms with Crippen molar-refractivity contribution in [3.05, 3.63) is 11.3 Å². The van der Waals surface area contributed by atoms with Crippen molar-refractivity contribution < 1.29 is 4.79 Å². The number of nitrogens with zero attached hydrogens (tertiary/aromatic N) is 5. The van der Waals surface area contributed by atoms with Gasteiger partial charge in [-0.25, -0.2) is 0 Å². The number of rotatable bonds is 5. The maximum absolute atomic E-state index is 12.0. The number of aromatic nitrogens is 5. The number of aryl methyl sites for hydroxylation is 2. The number of nitrogens with one attached hydrogen (secondary N) is 1. The van der Waals surface area contributed by atoms with Gasteiger partial charge >= 0.3 is 0 Å². The van der Waals surface area contributed by atoms with Crippen molar-refractivity contribution in [3.63, 3.8) is 0 Å². The Kier molecular flexibility index (Phi) is 4.48. The maximum Gasteiger partial charge on any atom is 0.239 e. The molecule has 19 heavy (non-hydrogen) atoms. The zero-order chi connectivity index (χ0) is 13.8. The Morgan fingerprint density at radius 1 is 1.53 bits per heavy atom. The summed E-state index contributed by atoms with van der Waals surface area (Å²) in [5.74, 6) is -0.119. The minimum absolute atomic E-state index is 0.119. The number of carbonyl (C=O) groups excluding carboxylic acids is 1. The van der Waals surface area contributed by atoms with E-state index in [1.54, 1.807) is 10.9 Å². The summed E-state index contributed by atoms with van der Waals surface area (Å²) in [6.45, 7) is 3.81. The van der Waals surface area contributed by atoms with Crippen LogP contribution in [0.3, 0.4) is 0 Å². The first kappa shape index (κ1) is 13.9. The highest BCUT2D eigenvalue weighted by molar-refractivity contribution is 8.00. The molecule has 1 amide bonds. The van der Waals surface area contributed by atoms with Crippen LogP contribution in [0.2, 0.25) is 0 Å². The zero-order valence-electron chi connectivity index (χ0n) is 10.8. The second-order valence-corrected chi connectivity index (χ2v) is 6.20. The van der Waals surface area contributed by atoms with Crippen LogP contribution < -0.4 is 5.32 Å². The minimum atomic E-state index is -0.281. The lowest BCUT2D eigenvalue weighted by atomic mass is 10.4. The van der Waals surface area contributed by atoms with Crippen LogP contribution in [0.4, 0.5) is 5.13 Å². The van der Waals surface area contributed by atoms with E-state index in [-0.39, 0.29) is 11.2 Å². The van der Waals surface area contributed by atoms with Gasteiger partial charge < -0.3 is 4.57 Å². The summed E-state index contributed by atoms with van der Waals surface area (Å²) in [5, 5.41) is 20.2. The standard InChI is InChI=1S/C10H14N6OS2/c1-4-7-13-14-9(19-7)12-8(17)6(2)18-10-15-11-5-16(10)3/h5-6H,4H2,1-3H3,(H,12,14,17)/t6-/m0/s1. The maximum atomic E-state index is 12.0. The molecule has 2 heterocycles. The van der Waals surface area contributed by atoms with Crippen molar-refractivity contribution in [1.82, 2.24) is 25.0 Å². The van der Waals surface area contributed by atoms with Gasteiger partial charge in [0.05, 0.1) is 5.25 Å².